The maximum atomic E-state index is 8.93. The zero-order chi connectivity index (χ0) is 15.2. The number of benzene rings is 1. The second-order valence-electron chi connectivity index (χ2n) is 4.49. The number of anilines is 3. The molecule has 0 amide bonds. The molecule has 0 saturated heterocycles. The van der Waals surface area contributed by atoms with Crippen LogP contribution in [0.2, 0.25) is 0 Å². The summed E-state index contributed by atoms with van der Waals surface area (Å²) in [5.41, 5.74) is 8.06. The minimum absolute atomic E-state index is 0.474. The van der Waals surface area contributed by atoms with E-state index in [0.717, 1.165) is 24.1 Å². The summed E-state index contributed by atoms with van der Waals surface area (Å²) in [5, 5.41) is 12.1. The molecule has 3 N–H and O–H groups in total. The van der Waals surface area contributed by atoms with Crippen molar-refractivity contribution < 1.29 is 4.74 Å². The summed E-state index contributed by atoms with van der Waals surface area (Å²) in [6.45, 7) is 2.07. The van der Waals surface area contributed by atoms with Gasteiger partial charge in [-0.25, -0.2) is 9.97 Å². The molecule has 6 heteroatoms. The number of hydrogen-bond acceptors (Lipinski definition) is 6. The molecule has 0 spiro atoms. The third kappa shape index (κ3) is 3.20. The van der Waals surface area contributed by atoms with Crippen molar-refractivity contribution in [3.05, 3.63) is 35.7 Å². The topological polar surface area (TPSA) is 96.9 Å². The molecule has 0 aliphatic heterocycles. The second-order valence-corrected chi connectivity index (χ2v) is 4.49. The number of nitrogen functional groups attached to an aromatic ring is 1. The number of methoxy groups -OCH3 is 1. The first kappa shape index (κ1) is 14.6. The molecular weight excluding hydrogens is 266 g/mol. The van der Waals surface area contributed by atoms with Crippen molar-refractivity contribution in [3.8, 4) is 11.8 Å². The summed E-state index contributed by atoms with van der Waals surface area (Å²) in [6.07, 6.45) is 3.15. The van der Waals surface area contributed by atoms with E-state index in [0.29, 0.717) is 22.9 Å². The Morgan fingerprint density at radius 3 is 2.86 bits per heavy atom. The van der Waals surface area contributed by atoms with Crippen molar-refractivity contribution in [3.63, 3.8) is 0 Å². The molecule has 0 unspecified atom stereocenters. The number of nitrogens with one attached hydrogen (secondary N) is 1. The highest BCUT2D eigenvalue weighted by Crippen LogP contribution is 2.30. The van der Waals surface area contributed by atoms with Crippen molar-refractivity contribution >= 4 is 17.3 Å². The molecule has 2 aromatic rings. The number of hydrogen-bond donors (Lipinski definition) is 2. The van der Waals surface area contributed by atoms with Gasteiger partial charge in [-0.3, -0.25) is 0 Å². The van der Waals surface area contributed by atoms with Crippen LogP contribution in [-0.4, -0.2) is 17.1 Å². The molecule has 0 radical (unpaired) electrons. The Morgan fingerprint density at radius 2 is 2.19 bits per heavy atom. The van der Waals surface area contributed by atoms with Crippen LogP contribution in [-0.2, 0) is 6.42 Å². The van der Waals surface area contributed by atoms with Crippen LogP contribution in [0.3, 0.4) is 0 Å². The van der Waals surface area contributed by atoms with Crippen LogP contribution < -0.4 is 15.8 Å². The zero-order valence-electron chi connectivity index (χ0n) is 12.1. The number of nitrogens with zero attached hydrogens (tertiary/aromatic N) is 3. The third-order valence-electron chi connectivity index (χ3n) is 3.06. The molecule has 0 saturated carbocycles. The van der Waals surface area contributed by atoms with Crippen LogP contribution in [0, 0.1) is 11.3 Å². The summed E-state index contributed by atoms with van der Waals surface area (Å²) >= 11 is 0. The van der Waals surface area contributed by atoms with Gasteiger partial charge >= 0.3 is 0 Å². The monoisotopic (exact) mass is 283 g/mol. The Kier molecular flexibility index (Phi) is 4.57. The Labute approximate surface area is 123 Å². The Morgan fingerprint density at radius 1 is 1.38 bits per heavy atom. The molecule has 108 valence electrons. The molecule has 0 atom stereocenters. The highest BCUT2D eigenvalue weighted by molar-refractivity contribution is 5.69. The van der Waals surface area contributed by atoms with E-state index in [1.807, 2.05) is 0 Å². The highest BCUT2D eigenvalue weighted by Gasteiger charge is 2.11. The van der Waals surface area contributed by atoms with Gasteiger partial charge in [-0.2, -0.15) is 5.26 Å². The second kappa shape index (κ2) is 6.57. The largest absolute Gasteiger partial charge is 0.495 e. The molecule has 0 bridgehead atoms. The van der Waals surface area contributed by atoms with Crippen molar-refractivity contribution in [1.82, 2.24) is 9.97 Å². The lowest BCUT2D eigenvalue weighted by atomic mass is 10.1. The number of ether oxygens (including phenoxy) is 1. The molecule has 1 heterocycles. The molecule has 1 aromatic heterocycles. The van der Waals surface area contributed by atoms with Crippen LogP contribution in [0.4, 0.5) is 17.3 Å². The van der Waals surface area contributed by atoms with Gasteiger partial charge in [-0.1, -0.05) is 13.3 Å². The third-order valence-corrected chi connectivity index (χ3v) is 3.06. The molecule has 0 aliphatic carbocycles. The van der Waals surface area contributed by atoms with Gasteiger partial charge in [0.2, 0.25) is 0 Å². The summed E-state index contributed by atoms with van der Waals surface area (Å²) < 4.78 is 5.30. The van der Waals surface area contributed by atoms with Crippen molar-refractivity contribution in [2.24, 2.45) is 0 Å². The molecular formula is C15H17N5O. The van der Waals surface area contributed by atoms with Crippen LogP contribution in [0.5, 0.6) is 5.75 Å². The van der Waals surface area contributed by atoms with Crippen molar-refractivity contribution in [1.29, 1.82) is 5.26 Å². The zero-order valence-corrected chi connectivity index (χ0v) is 12.1. The van der Waals surface area contributed by atoms with E-state index in [9.17, 15) is 0 Å². The molecule has 0 aliphatic rings. The number of nitriles is 1. The predicted molar refractivity (Wildman–Crippen MR) is 81.4 cm³/mol. The van der Waals surface area contributed by atoms with Crippen molar-refractivity contribution in [2.45, 2.75) is 19.8 Å². The van der Waals surface area contributed by atoms with Crippen molar-refractivity contribution in [2.75, 3.05) is 18.2 Å². The fourth-order valence-electron chi connectivity index (χ4n) is 2.02. The Balaban J connectivity index is 2.39. The van der Waals surface area contributed by atoms with Gasteiger partial charge < -0.3 is 15.8 Å². The fraction of sp³-hybridized carbons (Fsp3) is 0.267. The fourth-order valence-corrected chi connectivity index (χ4v) is 2.02. The normalized spacial score (nSPS) is 9.95. The lowest BCUT2D eigenvalue weighted by Crippen LogP contribution is -2.06. The first-order chi connectivity index (χ1) is 10.2. The van der Waals surface area contributed by atoms with E-state index in [2.05, 4.69) is 28.3 Å². The number of rotatable bonds is 5. The molecule has 0 fully saturated rings. The maximum Gasteiger partial charge on any atom is 0.143 e. The van der Waals surface area contributed by atoms with Gasteiger partial charge in [-0.05, 0) is 18.6 Å². The van der Waals surface area contributed by atoms with Gasteiger partial charge in [0.25, 0.3) is 0 Å². The van der Waals surface area contributed by atoms with E-state index in [-0.39, 0.29) is 0 Å². The van der Waals surface area contributed by atoms with E-state index in [1.165, 1.54) is 6.33 Å². The summed E-state index contributed by atoms with van der Waals surface area (Å²) in [4.78, 5) is 8.27. The SMILES string of the molecule is CCCc1c(N)ncnc1Nc1ccc(C#N)cc1OC. The lowest BCUT2D eigenvalue weighted by Gasteiger charge is -2.14. The van der Waals surface area contributed by atoms with Crippen LogP contribution in [0.15, 0.2) is 24.5 Å². The van der Waals surface area contributed by atoms with E-state index < -0.39 is 0 Å². The Bertz CT molecular complexity index is 678. The van der Waals surface area contributed by atoms with Gasteiger partial charge in [0.1, 0.15) is 23.7 Å². The highest BCUT2D eigenvalue weighted by atomic mass is 16.5. The minimum atomic E-state index is 0.474. The van der Waals surface area contributed by atoms with Gasteiger partial charge in [0.05, 0.1) is 24.4 Å². The average Bonchev–Trinajstić information content (AvgIpc) is 2.51. The van der Waals surface area contributed by atoms with E-state index >= 15 is 0 Å². The van der Waals surface area contributed by atoms with Gasteiger partial charge in [-0.15, -0.1) is 0 Å². The molecule has 2 rings (SSSR count). The predicted octanol–water partition coefficient (Wildman–Crippen LogP) is 2.64. The van der Waals surface area contributed by atoms with Crippen LogP contribution in [0.25, 0.3) is 0 Å². The smallest absolute Gasteiger partial charge is 0.143 e. The van der Waals surface area contributed by atoms with Crippen LogP contribution >= 0.6 is 0 Å². The molecule has 1 aromatic carbocycles. The number of nitrogens with two attached hydrogens (primary N) is 1. The van der Waals surface area contributed by atoms with Gasteiger partial charge in [0.15, 0.2) is 0 Å². The molecule has 21 heavy (non-hydrogen) atoms. The average molecular weight is 283 g/mol. The number of aromatic nitrogens is 2. The molecule has 6 nitrogen and oxygen atoms in total. The Hall–Kier alpha value is -2.81. The summed E-state index contributed by atoms with van der Waals surface area (Å²) in [7, 11) is 1.56. The van der Waals surface area contributed by atoms with Gasteiger partial charge in [0, 0.05) is 11.6 Å². The maximum absolute atomic E-state index is 8.93. The minimum Gasteiger partial charge on any atom is -0.495 e. The quantitative estimate of drug-likeness (QED) is 0.875. The van der Waals surface area contributed by atoms with E-state index in [4.69, 9.17) is 15.7 Å². The first-order valence-corrected chi connectivity index (χ1v) is 6.64. The summed E-state index contributed by atoms with van der Waals surface area (Å²) in [5.74, 6) is 1.71. The summed E-state index contributed by atoms with van der Waals surface area (Å²) in [6, 6.07) is 7.25. The van der Waals surface area contributed by atoms with E-state index in [1.54, 1.807) is 25.3 Å². The lowest BCUT2D eigenvalue weighted by molar-refractivity contribution is 0.416. The standard InChI is InChI=1S/C15H17N5O/c1-3-4-11-14(17)18-9-19-15(11)20-12-6-5-10(8-16)7-13(12)21-2/h5-7,9H,3-4H2,1-2H3,(H3,17,18,19,20). The first-order valence-electron chi connectivity index (χ1n) is 6.64. The van der Waals surface area contributed by atoms with Crippen LogP contribution in [0.1, 0.15) is 24.5 Å².